The van der Waals surface area contributed by atoms with Crippen LogP contribution in [0.5, 0.6) is 0 Å². The summed E-state index contributed by atoms with van der Waals surface area (Å²) in [6.45, 7) is 9.12. The van der Waals surface area contributed by atoms with E-state index in [0.717, 1.165) is 31.4 Å². The van der Waals surface area contributed by atoms with Crippen molar-refractivity contribution >= 4 is 5.91 Å². The molecule has 0 saturated carbocycles. The maximum absolute atomic E-state index is 14.1. The second-order valence-electron chi connectivity index (χ2n) is 8.10. The molecule has 1 aliphatic rings. The summed E-state index contributed by atoms with van der Waals surface area (Å²) in [6, 6.07) is 3.03. The fourth-order valence-corrected chi connectivity index (χ4v) is 3.71. The van der Waals surface area contributed by atoms with Crippen LogP contribution in [0.1, 0.15) is 65.0 Å². The lowest BCUT2D eigenvalue weighted by molar-refractivity contribution is -0.140. The Balaban J connectivity index is 2.02. The maximum Gasteiger partial charge on any atom is 0.249 e. The van der Waals surface area contributed by atoms with Gasteiger partial charge in [-0.3, -0.25) is 4.79 Å². The topological polar surface area (TPSA) is 29.5 Å². The van der Waals surface area contributed by atoms with Crippen molar-refractivity contribution in [3.8, 4) is 0 Å². The Labute approximate surface area is 155 Å². The molecule has 5 heteroatoms. The molecule has 3 nitrogen and oxygen atoms in total. The molecule has 1 aromatic rings. The van der Waals surface area contributed by atoms with Gasteiger partial charge in [-0.05, 0) is 55.7 Å². The molecule has 0 unspecified atom stereocenters. The van der Waals surface area contributed by atoms with Gasteiger partial charge in [-0.25, -0.2) is 8.78 Å². The monoisotopic (exact) mass is 367 g/mol. The zero-order chi connectivity index (χ0) is 19.3. The summed E-state index contributed by atoms with van der Waals surface area (Å²) >= 11 is 0. The first kappa shape index (κ1) is 20.8. The quantitative estimate of drug-likeness (QED) is 0.639. The van der Waals surface area contributed by atoms with Crippen LogP contribution >= 0.6 is 0 Å². The summed E-state index contributed by atoms with van der Waals surface area (Å²) in [4.78, 5) is 14.3. The Hall–Kier alpha value is -1.49. The summed E-state index contributed by atoms with van der Waals surface area (Å²) < 4.78 is 33.6. The molecule has 1 atom stereocenters. The second kappa shape index (κ2) is 9.45. The molecule has 0 aromatic heterocycles. The second-order valence-corrected chi connectivity index (χ2v) is 8.10. The Kier molecular flexibility index (Phi) is 7.56. The molecule has 2 rings (SSSR count). The van der Waals surface area contributed by atoms with E-state index in [1.165, 1.54) is 6.07 Å². The van der Waals surface area contributed by atoms with Gasteiger partial charge in [0, 0.05) is 12.1 Å². The van der Waals surface area contributed by atoms with Gasteiger partial charge in [0.05, 0.1) is 12.1 Å². The number of nitrogens with zero attached hydrogens (tertiary/aromatic N) is 1. The predicted molar refractivity (Wildman–Crippen MR) is 98.7 cm³/mol. The van der Waals surface area contributed by atoms with Crippen molar-refractivity contribution < 1.29 is 18.3 Å². The molecule has 0 aliphatic carbocycles. The minimum absolute atomic E-state index is 0.00244. The first-order valence-electron chi connectivity index (χ1n) is 9.64. The normalized spacial score (nSPS) is 17.7. The number of likely N-dealkylation sites (tertiary alicyclic amines) is 1. The summed E-state index contributed by atoms with van der Waals surface area (Å²) in [7, 11) is 0. The largest absolute Gasteiger partial charge is 0.368 e. The third-order valence-electron chi connectivity index (χ3n) is 4.80. The third kappa shape index (κ3) is 5.76. The van der Waals surface area contributed by atoms with Gasteiger partial charge >= 0.3 is 0 Å². The zero-order valence-electron chi connectivity index (χ0n) is 16.3. The molecular formula is C21H31F2NO2. The van der Waals surface area contributed by atoms with Gasteiger partial charge in [0.2, 0.25) is 5.91 Å². The molecule has 1 aliphatic heterocycles. The number of hydrogen-bond donors (Lipinski definition) is 0. The molecule has 0 spiro atoms. The van der Waals surface area contributed by atoms with E-state index in [1.807, 2.05) is 0 Å². The molecule has 1 heterocycles. The number of halogens is 2. The van der Waals surface area contributed by atoms with Crippen molar-refractivity contribution in [2.24, 2.45) is 11.8 Å². The molecule has 1 aromatic carbocycles. The molecule has 0 N–H and O–H groups in total. The highest BCUT2D eigenvalue weighted by Gasteiger charge is 2.32. The first-order chi connectivity index (χ1) is 12.3. The van der Waals surface area contributed by atoms with E-state index in [-0.39, 0.29) is 24.2 Å². The zero-order valence-corrected chi connectivity index (χ0v) is 16.3. The summed E-state index contributed by atoms with van der Waals surface area (Å²) in [6.07, 6.45) is 3.30. The Morgan fingerprint density at radius 1 is 1.19 bits per heavy atom. The number of ether oxygens (including phenoxy) is 1. The van der Waals surface area contributed by atoms with Crippen molar-refractivity contribution in [1.82, 2.24) is 4.90 Å². The van der Waals surface area contributed by atoms with E-state index in [4.69, 9.17) is 4.74 Å². The number of hydrogen-bond acceptors (Lipinski definition) is 2. The van der Waals surface area contributed by atoms with Crippen LogP contribution in [0, 0.1) is 23.5 Å². The van der Waals surface area contributed by atoms with Crippen molar-refractivity contribution in [1.29, 1.82) is 0 Å². The van der Waals surface area contributed by atoms with Crippen LogP contribution in [-0.2, 0) is 9.53 Å². The third-order valence-corrected chi connectivity index (χ3v) is 4.80. The Bertz CT molecular complexity index is 594. The number of benzene rings is 1. The van der Waals surface area contributed by atoms with Gasteiger partial charge in [-0.1, -0.05) is 27.7 Å². The molecule has 0 radical (unpaired) electrons. The van der Waals surface area contributed by atoms with Gasteiger partial charge in [0.15, 0.2) is 0 Å². The number of rotatable bonds is 8. The van der Waals surface area contributed by atoms with E-state index >= 15 is 0 Å². The van der Waals surface area contributed by atoms with Crippen molar-refractivity contribution in [3.05, 3.63) is 35.4 Å². The van der Waals surface area contributed by atoms with Gasteiger partial charge < -0.3 is 9.64 Å². The lowest BCUT2D eigenvalue weighted by atomic mass is 9.98. The van der Waals surface area contributed by atoms with E-state index in [1.54, 1.807) is 4.90 Å². The maximum atomic E-state index is 14.1. The number of carbonyl (C=O) groups is 1. The van der Waals surface area contributed by atoms with Gasteiger partial charge in [-0.2, -0.15) is 0 Å². The van der Waals surface area contributed by atoms with Crippen LogP contribution in [0.4, 0.5) is 8.78 Å². The van der Waals surface area contributed by atoms with Crippen molar-refractivity contribution in [3.63, 3.8) is 0 Å². The average molecular weight is 367 g/mol. The molecule has 1 saturated heterocycles. The van der Waals surface area contributed by atoms with Crippen molar-refractivity contribution in [2.45, 2.75) is 65.5 Å². The van der Waals surface area contributed by atoms with Crippen LogP contribution in [0.2, 0.25) is 0 Å². The SMILES string of the molecule is CC(C)CC(CC(C)C)OCC(=O)N1CCC[C@@H]1c1cc(F)ccc1F. The highest BCUT2D eigenvalue weighted by atomic mass is 19.1. The number of carbonyl (C=O) groups excluding carboxylic acids is 1. The van der Waals surface area contributed by atoms with Gasteiger partial charge in [0.25, 0.3) is 0 Å². The molecule has 26 heavy (non-hydrogen) atoms. The molecule has 146 valence electrons. The minimum Gasteiger partial charge on any atom is -0.368 e. The molecule has 1 amide bonds. The minimum atomic E-state index is -0.481. The van der Waals surface area contributed by atoms with Crippen molar-refractivity contribution in [2.75, 3.05) is 13.2 Å². The standard InChI is InChI=1S/C21H31F2NO2/c1-14(2)10-17(11-15(3)4)26-13-21(25)24-9-5-6-20(24)18-12-16(22)7-8-19(18)23/h7-8,12,14-15,17,20H,5-6,9-11,13H2,1-4H3/t20-/m1/s1. The van der Waals surface area contributed by atoms with Crippen LogP contribution < -0.4 is 0 Å². The molecule has 0 bridgehead atoms. The summed E-state index contributed by atoms with van der Waals surface area (Å²) in [5.41, 5.74) is 0.261. The van der Waals surface area contributed by atoms with Crippen LogP contribution in [0.25, 0.3) is 0 Å². The van der Waals surface area contributed by atoms with E-state index in [9.17, 15) is 13.6 Å². The lowest BCUT2D eigenvalue weighted by Gasteiger charge is -2.27. The smallest absolute Gasteiger partial charge is 0.249 e. The Morgan fingerprint density at radius 3 is 2.46 bits per heavy atom. The molecular weight excluding hydrogens is 336 g/mol. The Morgan fingerprint density at radius 2 is 1.85 bits per heavy atom. The molecule has 1 fully saturated rings. The van der Waals surface area contributed by atoms with Crippen LogP contribution in [0.3, 0.4) is 0 Å². The van der Waals surface area contributed by atoms with Crippen LogP contribution in [0.15, 0.2) is 18.2 Å². The van der Waals surface area contributed by atoms with E-state index < -0.39 is 17.7 Å². The highest BCUT2D eigenvalue weighted by molar-refractivity contribution is 5.78. The lowest BCUT2D eigenvalue weighted by Crippen LogP contribution is -2.35. The summed E-state index contributed by atoms with van der Waals surface area (Å²) in [5.74, 6) is -0.0985. The van der Waals surface area contributed by atoms with E-state index in [0.29, 0.717) is 24.8 Å². The summed E-state index contributed by atoms with van der Waals surface area (Å²) in [5, 5.41) is 0. The van der Waals surface area contributed by atoms with E-state index in [2.05, 4.69) is 27.7 Å². The van der Waals surface area contributed by atoms with Gasteiger partial charge in [-0.15, -0.1) is 0 Å². The van der Waals surface area contributed by atoms with Gasteiger partial charge in [0.1, 0.15) is 18.2 Å². The first-order valence-corrected chi connectivity index (χ1v) is 9.64. The number of amides is 1. The fourth-order valence-electron chi connectivity index (χ4n) is 3.71. The highest BCUT2D eigenvalue weighted by Crippen LogP contribution is 2.34. The predicted octanol–water partition coefficient (Wildman–Crippen LogP) is 5.11. The fraction of sp³-hybridized carbons (Fsp3) is 0.667. The average Bonchev–Trinajstić information content (AvgIpc) is 3.03. The van der Waals surface area contributed by atoms with Crippen LogP contribution in [-0.4, -0.2) is 30.1 Å².